The number of ether oxygens (including phenoxy) is 1. The molecule has 1 amide bonds. The van der Waals surface area contributed by atoms with Crippen LogP contribution >= 0.6 is 0 Å². The molecule has 0 fully saturated rings. The van der Waals surface area contributed by atoms with Crippen LogP contribution in [0.5, 0.6) is 5.88 Å². The Morgan fingerprint density at radius 1 is 1.28 bits per heavy atom. The number of benzene rings is 1. The summed E-state index contributed by atoms with van der Waals surface area (Å²) in [5.41, 5.74) is 1.56. The van der Waals surface area contributed by atoms with Crippen LogP contribution in [0.15, 0.2) is 51.9 Å². The molecule has 8 nitrogen and oxygen atoms in total. The van der Waals surface area contributed by atoms with E-state index in [9.17, 15) is 9.59 Å². The monoisotopic (exact) mass is 340 g/mol. The number of aromatic nitrogens is 3. The van der Waals surface area contributed by atoms with Crippen molar-refractivity contribution < 1.29 is 14.1 Å². The van der Waals surface area contributed by atoms with Crippen molar-refractivity contribution in [3.05, 3.63) is 58.7 Å². The number of rotatable bonds is 5. The molecule has 0 radical (unpaired) electrons. The number of carbonyl (C=O) groups excluding carboxylic acids is 1. The molecular formula is C17H16N4O4. The topological polar surface area (TPSA) is 110 Å². The van der Waals surface area contributed by atoms with Crippen LogP contribution in [-0.4, -0.2) is 27.1 Å². The quantitative estimate of drug-likeness (QED) is 0.738. The second-order valence-electron chi connectivity index (χ2n) is 5.53. The number of nitrogens with one attached hydrogen (secondary N) is 2. The van der Waals surface area contributed by atoms with Gasteiger partial charge in [-0.25, -0.2) is 9.78 Å². The SMILES string of the molecule is CC(C)Oc1ccc(C(=O)Nc2cccc(-c3noc(=O)[nH]3)c2)cn1. The molecule has 0 aliphatic rings. The summed E-state index contributed by atoms with van der Waals surface area (Å²) < 4.78 is 9.93. The van der Waals surface area contributed by atoms with Gasteiger partial charge >= 0.3 is 5.76 Å². The lowest BCUT2D eigenvalue weighted by Crippen LogP contribution is -2.13. The number of anilines is 1. The zero-order chi connectivity index (χ0) is 17.8. The Bertz CT molecular complexity index is 928. The summed E-state index contributed by atoms with van der Waals surface area (Å²) in [6, 6.07) is 10.2. The predicted molar refractivity (Wildman–Crippen MR) is 90.5 cm³/mol. The van der Waals surface area contributed by atoms with Crippen molar-refractivity contribution in [3.63, 3.8) is 0 Å². The summed E-state index contributed by atoms with van der Waals surface area (Å²) in [5, 5.41) is 6.38. The average Bonchev–Trinajstić information content (AvgIpc) is 3.02. The molecule has 0 saturated heterocycles. The maximum Gasteiger partial charge on any atom is 0.439 e. The van der Waals surface area contributed by atoms with Gasteiger partial charge in [0.05, 0.1) is 11.7 Å². The third-order valence-electron chi connectivity index (χ3n) is 3.19. The second-order valence-corrected chi connectivity index (χ2v) is 5.53. The fourth-order valence-electron chi connectivity index (χ4n) is 2.13. The minimum Gasteiger partial charge on any atom is -0.475 e. The van der Waals surface area contributed by atoms with Crippen LogP contribution in [0.3, 0.4) is 0 Å². The molecule has 25 heavy (non-hydrogen) atoms. The Morgan fingerprint density at radius 2 is 2.12 bits per heavy atom. The minimum atomic E-state index is -0.640. The Balaban J connectivity index is 1.73. The highest BCUT2D eigenvalue weighted by molar-refractivity contribution is 6.04. The number of aromatic amines is 1. The van der Waals surface area contributed by atoms with Crippen molar-refractivity contribution in [1.29, 1.82) is 0 Å². The number of carbonyl (C=O) groups is 1. The number of pyridine rings is 1. The number of amides is 1. The number of hydrogen-bond acceptors (Lipinski definition) is 6. The molecule has 0 atom stereocenters. The summed E-state index contributed by atoms with van der Waals surface area (Å²) in [7, 11) is 0. The standard InChI is InChI=1S/C17H16N4O4/c1-10(2)24-14-7-6-12(9-18-14)16(22)19-13-5-3-4-11(8-13)15-20-17(23)25-21-15/h3-10H,1-2H3,(H,19,22)(H,20,21,23). The molecule has 128 valence electrons. The van der Waals surface area contributed by atoms with Gasteiger partial charge in [0.1, 0.15) is 0 Å². The third-order valence-corrected chi connectivity index (χ3v) is 3.19. The van der Waals surface area contributed by atoms with Crippen LogP contribution in [0.4, 0.5) is 5.69 Å². The van der Waals surface area contributed by atoms with Gasteiger partial charge in [-0.05, 0) is 32.0 Å². The molecule has 0 spiro atoms. The normalized spacial score (nSPS) is 10.7. The van der Waals surface area contributed by atoms with E-state index in [1.165, 1.54) is 6.20 Å². The van der Waals surface area contributed by atoms with Gasteiger partial charge in [-0.3, -0.25) is 14.3 Å². The van der Waals surface area contributed by atoms with E-state index in [4.69, 9.17) is 4.74 Å². The molecule has 0 aliphatic heterocycles. The fourth-order valence-corrected chi connectivity index (χ4v) is 2.13. The zero-order valence-electron chi connectivity index (χ0n) is 13.6. The second kappa shape index (κ2) is 7.00. The highest BCUT2D eigenvalue weighted by atomic mass is 16.5. The van der Waals surface area contributed by atoms with E-state index in [1.54, 1.807) is 36.4 Å². The Labute approximate surface area is 142 Å². The largest absolute Gasteiger partial charge is 0.475 e. The van der Waals surface area contributed by atoms with Crippen molar-refractivity contribution in [2.75, 3.05) is 5.32 Å². The Morgan fingerprint density at radius 3 is 2.76 bits per heavy atom. The fraction of sp³-hybridized carbons (Fsp3) is 0.176. The maximum absolute atomic E-state index is 12.3. The van der Waals surface area contributed by atoms with Crippen LogP contribution in [0, 0.1) is 0 Å². The van der Waals surface area contributed by atoms with E-state index >= 15 is 0 Å². The molecule has 0 saturated carbocycles. The zero-order valence-corrected chi connectivity index (χ0v) is 13.6. The van der Waals surface area contributed by atoms with Gasteiger partial charge in [0.15, 0.2) is 5.82 Å². The van der Waals surface area contributed by atoms with Crippen LogP contribution < -0.4 is 15.8 Å². The summed E-state index contributed by atoms with van der Waals surface area (Å²) in [6.07, 6.45) is 1.46. The molecular weight excluding hydrogens is 324 g/mol. The first-order chi connectivity index (χ1) is 12.0. The van der Waals surface area contributed by atoms with E-state index in [0.717, 1.165) is 0 Å². The lowest BCUT2D eigenvalue weighted by atomic mass is 10.2. The van der Waals surface area contributed by atoms with Crippen molar-refractivity contribution in [1.82, 2.24) is 15.1 Å². The minimum absolute atomic E-state index is 0.0119. The maximum atomic E-state index is 12.3. The highest BCUT2D eigenvalue weighted by Gasteiger charge is 2.10. The van der Waals surface area contributed by atoms with E-state index in [-0.39, 0.29) is 17.8 Å². The van der Waals surface area contributed by atoms with Gasteiger partial charge in [-0.15, -0.1) is 0 Å². The summed E-state index contributed by atoms with van der Waals surface area (Å²) in [5.74, 6) is -0.199. The van der Waals surface area contributed by atoms with Gasteiger partial charge in [-0.1, -0.05) is 17.3 Å². The molecule has 2 N–H and O–H groups in total. The number of nitrogens with zero attached hydrogens (tertiary/aromatic N) is 2. The molecule has 3 rings (SSSR count). The van der Waals surface area contributed by atoms with Crippen molar-refractivity contribution in [2.24, 2.45) is 0 Å². The first kappa shape index (κ1) is 16.4. The van der Waals surface area contributed by atoms with Crippen LogP contribution in [0.2, 0.25) is 0 Å². The summed E-state index contributed by atoms with van der Waals surface area (Å²) in [6.45, 7) is 3.80. The first-order valence-corrected chi connectivity index (χ1v) is 7.62. The van der Waals surface area contributed by atoms with Gasteiger partial charge in [0, 0.05) is 23.5 Å². The van der Waals surface area contributed by atoms with E-state index in [1.807, 2.05) is 13.8 Å². The van der Waals surface area contributed by atoms with E-state index < -0.39 is 5.76 Å². The highest BCUT2D eigenvalue weighted by Crippen LogP contribution is 2.19. The molecule has 0 aliphatic carbocycles. The van der Waals surface area contributed by atoms with Gasteiger partial charge in [-0.2, -0.15) is 0 Å². The lowest BCUT2D eigenvalue weighted by molar-refractivity contribution is 0.102. The van der Waals surface area contributed by atoms with Gasteiger partial charge in [0.2, 0.25) is 5.88 Å². The number of H-pyrrole nitrogens is 1. The van der Waals surface area contributed by atoms with Crippen molar-refractivity contribution in [3.8, 4) is 17.3 Å². The molecule has 2 aromatic heterocycles. The van der Waals surface area contributed by atoms with Gasteiger partial charge < -0.3 is 10.1 Å². The number of hydrogen-bond donors (Lipinski definition) is 2. The van der Waals surface area contributed by atoms with Crippen molar-refractivity contribution >= 4 is 11.6 Å². The first-order valence-electron chi connectivity index (χ1n) is 7.62. The third kappa shape index (κ3) is 4.11. The van der Waals surface area contributed by atoms with Crippen molar-refractivity contribution in [2.45, 2.75) is 20.0 Å². The molecule has 2 heterocycles. The molecule has 0 unspecified atom stereocenters. The predicted octanol–water partition coefficient (Wildman–Crippen LogP) is 2.46. The molecule has 1 aromatic carbocycles. The summed E-state index contributed by atoms with van der Waals surface area (Å²) >= 11 is 0. The van der Waals surface area contributed by atoms with E-state index in [2.05, 4.69) is 25.0 Å². The van der Waals surface area contributed by atoms with Gasteiger partial charge in [0.25, 0.3) is 5.91 Å². The lowest BCUT2D eigenvalue weighted by Gasteiger charge is -2.09. The Kier molecular flexibility index (Phi) is 4.60. The Hall–Kier alpha value is -3.42. The average molecular weight is 340 g/mol. The summed E-state index contributed by atoms with van der Waals surface area (Å²) in [4.78, 5) is 29.9. The molecule has 8 heteroatoms. The molecule has 3 aromatic rings. The smallest absolute Gasteiger partial charge is 0.439 e. The van der Waals surface area contributed by atoms with Crippen LogP contribution in [0.1, 0.15) is 24.2 Å². The van der Waals surface area contributed by atoms with Crippen LogP contribution in [0.25, 0.3) is 11.4 Å². The van der Waals surface area contributed by atoms with E-state index in [0.29, 0.717) is 22.7 Å². The van der Waals surface area contributed by atoms with Crippen LogP contribution in [-0.2, 0) is 0 Å². The molecule has 0 bridgehead atoms.